The van der Waals surface area contributed by atoms with E-state index < -0.39 is 12.1 Å². The van der Waals surface area contributed by atoms with Crippen LogP contribution in [0, 0.1) is 6.92 Å². The maximum Gasteiger partial charge on any atom is 0.340 e. The van der Waals surface area contributed by atoms with Crippen molar-refractivity contribution in [3.63, 3.8) is 0 Å². The summed E-state index contributed by atoms with van der Waals surface area (Å²) in [4.78, 5) is 24.1. The maximum absolute atomic E-state index is 11.9. The second kappa shape index (κ2) is 7.91. The SMILES string of the molecule is Cc1ncc(C(O)c2nc(-c3cccc(Oc4ccc5[nH]ccc5c4C(=O)O)c3)n[nH]2)s1. The number of carboxylic acids is 1. The number of nitrogens with one attached hydrogen (secondary N) is 2. The summed E-state index contributed by atoms with van der Waals surface area (Å²) in [6.07, 6.45) is 2.35. The van der Waals surface area contributed by atoms with Gasteiger partial charge in [0, 0.05) is 28.9 Å². The third-order valence-corrected chi connectivity index (χ3v) is 5.87. The van der Waals surface area contributed by atoms with Gasteiger partial charge in [-0.25, -0.2) is 14.8 Å². The minimum atomic E-state index is -1.08. The molecule has 3 aromatic heterocycles. The molecule has 0 radical (unpaired) electrons. The number of aromatic amines is 2. The van der Waals surface area contributed by atoms with E-state index in [-0.39, 0.29) is 11.3 Å². The van der Waals surface area contributed by atoms with Crippen molar-refractivity contribution >= 4 is 28.2 Å². The zero-order valence-electron chi connectivity index (χ0n) is 16.7. The molecule has 4 N–H and O–H groups in total. The van der Waals surface area contributed by atoms with Gasteiger partial charge in [-0.15, -0.1) is 11.3 Å². The van der Waals surface area contributed by atoms with E-state index in [4.69, 9.17) is 4.74 Å². The van der Waals surface area contributed by atoms with E-state index in [1.54, 1.807) is 54.9 Å². The Morgan fingerprint density at radius 1 is 1.22 bits per heavy atom. The summed E-state index contributed by atoms with van der Waals surface area (Å²) in [6, 6.07) is 12.1. The van der Waals surface area contributed by atoms with Crippen molar-refractivity contribution in [2.75, 3.05) is 0 Å². The number of aromatic nitrogens is 5. The van der Waals surface area contributed by atoms with Gasteiger partial charge in [0.25, 0.3) is 0 Å². The smallest absolute Gasteiger partial charge is 0.340 e. The third-order valence-electron chi connectivity index (χ3n) is 4.90. The molecule has 2 aromatic carbocycles. The number of aryl methyl sites for hydroxylation is 1. The van der Waals surface area contributed by atoms with Crippen LogP contribution >= 0.6 is 11.3 Å². The van der Waals surface area contributed by atoms with E-state index in [2.05, 4.69) is 25.1 Å². The number of thiazole rings is 1. The van der Waals surface area contributed by atoms with Gasteiger partial charge in [0.2, 0.25) is 0 Å². The van der Waals surface area contributed by atoms with E-state index in [0.29, 0.717) is 38.7 Å². The molecule has 32 heavy (non-hydrogen) atoms. The van der Waals surface area contributed by atoms with Gasteiger partial charge in [0.05, 0.1) is 9.88 Å². The van der Waals surface area contributed by atoms with E-state index in [1.807, 2.05) is 6.92 Å². The summed E-state index contributed by atoms with van der Waals surface area (Å²) in [5, 5.41) is 28.6. The summed E-state index contributed by atoms with van der Waals surface area (Å²) in [6.45, 7) is 1.86. The summed E-state index contributed by atoms with van der Waals surface area (Å²) in [5.74, 6) is 0.275. The molecule has 0 aliphatic heterocycles. The number of carbonyl (C=O) groups is 1. The van der Waals surface area contributed by atoms with Crippen LogP contribution in [0.5, 0.6) is 11.5 Å². The third kappa shape index (κ3) is 3.61. The molecule has 0 aliphatic rings. The quantitative estimate of drug-likeness (QED) is 0.305. The van der Waals surface area contributed by atoms with Crippen molar-refractivity contribution in [1.29, 1.82) is 0 Å². The Morgan fingerprint density at radius 2 is 2.09 bits per heavy atom. The minimum Gasteiger partial charge on any atom is -0.478 e. The van der Waals surface area contributed by atoms with Crippen molar-refractivity contribution < 1.29 is 19.7 Å². The van der Waals surface area contributed by atoms with Crippen molar-refractivity contribution in [2.24, 2.45) is 0 Å². The molecule has 0 fully saturated rings. The summed E-state index contributed by atoms with van der Waals surface area (Å²) >= 11 is 1.39. The summed E-state index contributed by atoms with van der Waals surface area (Å²) in [7, 11) is 0. The fourth-order valence-corrected chi connectivity index (χ4v) is 4.18. The standard InChI is InChI=1S/C22H17N5O4S/c1-11-24-10-17(32-11)19(28)21-25-20(26-27-21)12-3-2-4-13(9-12)31-16-6-5-15-14(7-8-23-15)18(16)22(29)30/h2-10,19,23,28H,1H3,(H,29,30)(H,25,26,27). The van der Waals surface area contributed by atoms with E-state index in [0.717, 1.165) is 5.01 Å². The van der Waals surface area contributed by atoms with Crippen LogP contribution in [0.1, 0.15) is 32.2 Å². The molecule has 3 heterocycles. The molecule has 1 atom stereocenters. The second-order valence-corrected chi connectivity index (χ2v) is 8.31. The molecule has 0 saturated heterocycles. The molecule has 1 unspecified atom stereocenters. The predicted octanol–water partition coefficient (Wildman–Crippen LogP) is 4.29. The number of fused-ring (bicyclic) bond motifs is 1. The second-order valence-electron chi connectivity index (χ2n) is 7.04. The fraction of sp³-hybridized carbons (Fsp3) is 0.0909. The highest BCUT2D eigenvalue weighted by Gasteiger charge is 2.20. The Kier molecular flexibility index (Phi) is 4.92. The number of H-pyrrole nitrogens is 2. The first-order valence-corrected chi connectivity index (χ1v) is 10.5. The first-order valence-electron chi connectivity index (χ1n) is 9.64. The van der Waals surface area contributed by atoms with Crippen LogP contribution in [0.25, 0.3) is 22.3 Å². The Labute approximate surface area is 185 Å². The van der Waals surface area contributed by atoms with Crippen LogP contribution in [0.4, 0.5) is 0 Å². The topological polar surface area (TPSA) is 137 Å². The highest BCUT2D eigenvalue weighted by Crippen LogP contribution is 2.33. The van der Waals surface area contributed by atoms with Gasteiger partial charge in [0.15, 0.2) is 11.6 Å². The number of ether oxygens (including phenoxy) is 1. The number of aromatic carboxylic acids is 1. The monoisotopic (exact) mass is 447 g/mol. The van der Waals surface area contributed by atoms with Gasteiger partial charge in [-0.05, 0) is 37.3 Å². The van der Waals surface area contributed by atoms with Gasteiger partial charge >= 0.3 is 5.97 Å². The van der Waals surface area contributed by atoms with Crippen LogP contribution in [-0.2, 0) is 0 Å². The Hall–Kier alpha value is -4.02. The van der Waals surface area contributed by atoms with Crippen molar-refractivity contribution in [2.45, 2.75) is 13.0 Å². The molecule has 0 aliphatic carbocycles. The number of carboxylic acid groups (broad SMARTS) is 1. The van der Waals surface area contributed by atoms with Crippen LogP contribution in [-0.4, -0.2) is 41.3 Å². The first-order chi connectivity index (χ1) is 15.5. The van der Waals surface area contributed by atoms with Gasteiger partial charge < -0.3 is 19.9 Å². The molecule has 0 saturated carbocycles. The lowest BCUT2D eigenvalue weighted by Gasteiger charge is -2.10. The Morgan fingerprint density at radius 3 is 2.88 bits per heavy atom. The average Bonchev–Trinajstić information content (AvgIpc) is 3.53. The van der Waals surface area contributed by atoms with Crippen LogP contribution < -0.4 is 4.74 Å². The van der Waals surface area contributed by atoms with Gasteiger partial charge in [-0.1, -0.05) is 12.1 Å². The predicted molar refractivity (Wildman–Crippen MR) is 118 cm³/mol. The fourth-order valence-electron chi connectivity index (χ4n) is 3.41. The zero-order chi connectivity index (χ0) is 22.2. The van der Waals surface area contributed by atoms with E-state index in [9.17, 15) is 15.0 Å². The highest BCUT2D eigenvalue weighted by atomic mass is 32.1. The average molecular weight is 447 g/mol. The van der Waals surface area contributed by atoms with Gasteiger partial charge in [-0.3, -0.25) is 5.10 Å². The van der Waals surface area contributed by atoms with Crippen LogP contribution in [0.15, 0.2) is 54.9 Å². The van der Waals surface area contributed by atoms with E-state index >= 15 is 0 Å². The first kappa shape index (κ1) is 19.9. The molecule has 5 aromatic rings. The number of aliphatic hydroxyl groups excluding tert-OH is 1. The molecule has 5 rings (SSSR count). The molecular weight excluding hydrogens is 430 g/mol. The van der Waals surface area contributed by atoms with E-state index in [1.165, 1.54) is 11.3 Å². The lowest BCUT2D eigenvalue weighted by molar-refractivity contribution is 0.0696. The molecule has 0 bridgehead atoms. The molecular formula is C22H17N5O4S. The molecule has 160 valence electrons. The maximum atomic E-state index is 11.9. The number of hydrogen-bond donors (Lipinski definition) is 4. The van der Waals surface area contributed by atoms with Gasteiger partial charge in [-0.2, -0.15) is 5.10 Å². The molecule has 10 heteroatoms. The normalized spacial score (nSPS) is 12.2. The van der Waals surface area contributed by atoms with Crippen molar-refractivity contribution in [3.05, 3.63) is 76.1 Å². The van der Waals surface area contributed by atoms with Crippen molar-refractivity contribution in [1.82, 2.24) is 25.1 Å². The van der Waals surface area contributed by atoms with Gasteiger partial charge in [0.1, 0.15) is 23.2 Å². The Balaban J connectivity index is 1.44. The number of hydrogen-bond acceptors (Lipinski definition) is 7. The molecule has 0 amide bonds. The van der Waals surface area contributed by atoms with Crippen LogP contribution in [0.2, 0.25) is 0 Å². The molecule has 9 nitrogen and oxygen atoms in total. The van der Waals surface area contributed by atoms with Crippen LogP contribution in [0.3, 0.4) is 0 Å². The molecule has 0 spiro atoms. The Bertz CT molecular complexity index is 1440. The lowest BCUT2D eigenvalue weighted by atomic mass is 10.1. The minimum absolute atomic E-state index is 0.0808. The summed E-state index contributed by atoms with van der Waals surface area (Å²) < 4.78 is 5.92. The zero-order valence-corrected chi connectivity index (χ0v) is 17.6. The highest BCUT2D eigenvalue weighted by molar-refractivity contribution is 7.11. The largest absolute Gasteiger partial charge is 0.478 e. The summed E-state index contributed by atoms with van der Waals surface area (Å²) in [5.41, 5.74) is 1.45. The number of rotatable bonds is 6. The number of benzene rings is 2. The number of aliphatic hydroxyl groups is 1. The lowest BCUT2D eigenvalue weighted by Crippen LogP contribution is -2.01. The van der Waals surface area contributed by atoms with Crippen molar-refractivity contribution in [3.8, 4) is 22.9 Å². The number of nitrogens with zero attached hydrogens (tertiary/aromatic N) is 3.